The van der Waals surface area contributed by atoms with Crippen molar-refractivity contribution in [1.82, 2.24) is 15.0 Å². The normalized spacial score (nSPS) is 15.3. The van der Waals surface area contributed by atoms with Crippen molar-refractivity contribution < 1.29 is 0 Å². The summed E-state index contributed by atoms with van der Waals surface area (Å²) in [7, 11) is 0. The van der Waals surface area contributed by atoms with Crippen molar-refractivity contribution in [2.75, 3.05) is 0 Å². The predicted octanol–water partition coefficient (Wildman–Crippen LogP) is 3.36. The van der Waals surface area contributed by atoms with Crippen molar-refractivity contribution in [2.45, 2.75) is 25.2 Å². The Hall–Kier alpha value is -2.03. The highest BCUT2D eigenvalue weighted by Gasteiger charge is 2.28. The van der Waals surface area contributed by atoms with E-state index >= 15 is 0 Å². The van der Waals surface area contributed by atoms with Gasteiger partial charge in [-0.05, 0) is 30.4 Å². The molecule has 1 fully saturated rings. The van der Waals surface area contributed by atoms with Crippen LogP contribution in [0.5, 0.6) is 0 Å². The van der Waals surface area contributed by atoms with Crippen LogP contribution in [0.15, 0.2) is 36.7 Å². The van der Waals surface area contributed by atoms with Gasteiger partial charge in [-0.1, -0.05) is 18.2 Å². The average Bonchev–Trinajstić information content (AvgIpc) is 2.99. The smallest absolute Gasteiger partial charge is 0.110 e. The molecule has 0 radical (unpaired) electrons. The SMILES string of the molecule is c1ccc2c(Cc3ncc[nH]3)c(C3CC3)[nH]c2c1. The molecular formula is C15H15N3. The van der Waals surface area contributed by atoms with Crippen molar-refractivity contribution in [3.63, 3.8) is 0 Å². The number of benzene rings is 1. The van der Waals surface area contributed by atoms with Crippen LogP contribution >= 0.6 is 0 Å². The van der Waals surface area contributed by atoms with E-state index in [9.17, 15) is 0 Å². The summed E-state index contributed by atoms with van der Waals surface area (Å²) in [5.41, 5.74) is 4.09. The van der Waals surface area contributed by atoms with E-state index in [1.165, 1.54) is 35.0 Å². The highest BCUT2D eigenvalue weighted by atomic mass is 14.9. The molecule has 0 unspecified atom stereocenters. The standard InChI is InChI=1S/C15H15N3/c1-2-4-13-11(3-1)12(9-14-16-7-8-17-14)15(18-13)10-5-6-10/h1-4,7-8,10,18H,5-6,9H2,(H,16,17). The molecular weight excluding hydrogens is 222 g/mol. The Morgan fingerprint density at radius 2 is 2.11 bits per heavy atom. The second kappa shape index (κ2) is 3.73. The molecule has 1 aromatic carbocycles. The fraction of sp³-hybridized carbons (Fsp3) is 0.267. The molecule has 0 saturated heterocycles. The first-order chi connectivity index (χ1) is 8.92. The third kappa shape index (κ3) is 1.55. The molecule has 90 valence electrons. The first-order valence-corrected chi connectivity index (χ1v) is 6.49. The maximum absolute atomic E-state index is 4.35. The van der Waals surface area contributed by atoms with E-state index in [2.05, 4.69) is 39.2 Å². The van der Waals surface area contributed by atoms with Crippen LogP contribution in [-0.4, -0.2) is 15.0 Å². The summed E-state index contributed by atoms with van der Waals surface area (Å²) >= 11 is 0. The van der Waals surface area contributed by atoms with E-state index in [1.54, 1.807) is 0 Å². The first kappa shape index (κ1) is 9.95. The molecule has 1 aliphatic carbocycles. The van der Waals surface area contributed by atoms with E-state index in [0.717, 1.165) is 18.2 Å². The molecule has 18 heavy (non-hydrogen) atoms. The van der Waals surface area contributed by atoms with Gasteiger partial charge in [0.15, 0.2) is 0 Å². The van der Waals surface area contributed by atoms with Crippen LogP contribution in [0.3, 0.4) is 0 Å². The summed E-state index contributed by atoms with van der Waals surface area (Å²) in [6.07, 6.45) is 7.24. The third-order valence-corrected chi connectivity index (χ3v) is 3.73. The van der Waals surface area contributed by atoms with Gasteiger partial charge in [0, 0.05) is 35.4 Å². The zero-order valence-electron chi connectivity index (χ0n) is 10.1. The van der Waals surface area contributed by atoms with Crippen LogP contribution in [0.2, 0.25) is 0 Å². The molecule has 2 aromatic heterocycles. The zero-order valence-corrected chi connectivity index (χ0v) is 10.1. The quantitative estimate of drug-likeness (QED) is 0.720. The second-order valence-electron chi connectivity index (χ2n) is 5.05. The zero-order chi connectivity index (χ0) is 11.9. The summed E-state index contributed by atoms with van der Waals surface area (Å²) in [5.74, 6) is 1.78. The largest absolute Gasteiger partial charge is 0.358 e. The number of rotatable bonds is 3. The lowest BCUT2D eigenvalue weighted by Gasteiger charge is -2.01. The van der Waals surface area contributed by atoms with E-state index in [4.69, 9.17) is 0 Å². The number of hydrogen-bond acceptors (Lipinski definition) is 1. The fourth-order valence-electron chi connectivity index (χ4n) is 2.69. The van der Waals surface area contributed by atoms with Gasteiger partial charge in [-0.2, -0.15) is 0 Å². The van der Waals surface area contributed by atoms with E-state index in [1.807, 2.05) is 12.4 Å². The minimum absolute atomic E-state index is 0.738. The fourth-order valence-corrected chi connectivity index (χ4v) is 2.69. The van der Waals surface area contributed by atoms with Crippen LogP contribution in [0.4, 0.5) is 0 Å². The lowest BCUT2D eigenvalue weighted by molar-refractivity contribution is 0.971. The Balaban J connectivity index is 1.87. The van der Waals surface area contributed by atoms with Crippen molar-refractivity contribution in [3.05, 3.63) is 53.7 Å². The molecule has 3 aromatic rings. The average molecular weight is 237 g/mol. The number of hydrogen-bond donors (Lipinski definition) is 2. The van der Waals surface area contributed by atoms with E-state index in [-0.39, 0.29) is 0 Å². The van der Waals surface area contributed by atoms with Gasteiger partial charge in [0.1, 0.15) is 5.82 Å². The summed E-state index contributed by atoms with van der Waals surface area (Å²) < 4.78 is 0. The summed E-state index contributed by atoms with van der Waals surface area (Å²) in [4.78, 5) is 11.1. The molecule has 0 bridgehead atoms. The lowest BCUT2D eigenvalue weighted by Crippen LogP contribution is -1.94. The van der Waals surface area contributed by atoms with Gasteiger partial charge < -0.3 is 9.97 Å². The Kier molecular flexibility index (Phi) is 2.06. The van der Waals surface area contributed by atoms with Gasteiger partial charge in [0.25, 0.3) is 0 Å². The first-order valence-electron chi connectivity index (χ1n) is 6.49. The van der Waals surface area contributed by atoms with Gasteiger partial charge in [-0.25, -0.2) is 4.98 Å². The molecule has 2 heterocycles. The number of nitrogens with zero attached hydrogens (tertiary/aromatic N) is 1. The predicted molar refractivity (Wildman–Crippen MR) is 71.7 cm³/mol. The van der Waals surface area contributed by atoms with Crippen molar-refractivity contribution in [3.8, 4) is 0 Å². The number of fused-ring (bicyclic) bond motifs is 1. The molecule has 3 heteroatoms. The number of aromatic nitrogens is 3. The van der Waals surface area contributed by atoms with Crippen LogP contribution in [0.1, 0.15) is 35.8 Å². The van der Waals surface area contributed by atoms with E-state index in [0.29, 0.717) is 0 Å². The van der Waals surface area contributed by atoms with Crippen LogP contribution in [0.25, 0.3) is 10.9 Å². The minimum atomic E-state index is 0.738. The van der Waals surface area contributed by atoms with Gasteiger partial charge in [-0.3, -0.25) is 0 Å². The maximum atomic E-state index is 4.35. The van der Waals surface area contributed by atoms with Gasteiger partial charge in [-0.15, -0.1) is 0 Å². The van der Waals surface area contributed by atoms with Crippen molar-refractivity contribution in [2.24, 2.45) is 0 Å². The molecule has 4 rings (SSSR count). The molecule has 1 saturated carbocycles. The number of H-pyrrole nitrogens is 2. The molecule has 3 nitrogen and oxygen atoms in total. The molecule has 0 spiro atoms. The van der Waals surface area contributed by atoms with Crippen LogP contribution in [-0.2, 0) is 6.42 Å². The van der Waals surface area contributed by atoms with Gasteiger partial charge in [0.2, 0.25) is 0 Å². The topological polar surface area (TPSA) is 44.5 Å². The monoisotopic (exact) mass is 237 g/mol. The number of nitrogens with one attached hydrogen (secondary N) is 2. The lowest BCUT2D eigenvalue weighted by atomic mass is 10.0. The van der Waals surface area contributed by atoms with Crippen LogP contribution in [0, 0.1) is 0 Å². The molecule has 1 aliphatic rings. The minimum Gasteiger partial charge on any atom is -0.358 e. The maximum Gasteiger partial charge on any atom is 0.110 e. The highest BCUT2D eigenvalue weighted by molar-refractivity contribution is 5.85. The number of para-hydroxylation sites is 1. The highest BCUT2D eigenvalue weighted by Crippen LogP contribution is 2.43. The molecule has 2 N–H and O–H groups in total. The Bertz CT molecular complexity index is 675. The number of imidazole rings is 1. The van der Waals surface area contributed by atoms with Gasteiger partial charge in [0.05, 0.1) is 0 Å². The summed E-state index contributed by atoms with van der Waals surface area (Å²) in [5, 5.41) is 1.34. The van der Waals surface area contributed by atoms with Crippen LogP contribution < -0.4 is 0 Å². The number of aromatic amines is 2. The Morgan fingerprint density at radius 1 is 1.22 bits per heavy atom. The molecule has 0 amide bonds. The molecule has 0 atom stereocenters. The second-order valence-corrected chi connectivity index (χ2v) is 5.05. The summed E-state index contributed by atoms with van der Waals surface area (Å²) in [6, 6.07) is 8.56. The van der Waals surface area contributed by atoms with Crippen molar-refractivity contribution >= 4 is 10.9 Å². The summed E-state index contributed by atoms with van der Waals surface area (Å²) in [6.45, 7) is 0. The van der Waals surface area contributed by atoms with Gasteiger partial charge >= 0.3 is 0 Å². The Morgan fingerprint density at radius 3 is 2.89 bits per heavy atom. The third-order valence-electron chi connectivity index (χ3n) is 3.73. The molecule has 0 aliphatic heterocycles. The van der Waals surface area contributed by atoms with E-state index < -0.39 is 0 Å². The van der Waals surface area contributed by atoms with Crippen molar-refractivity contribution in [1.29, 1.82) is 0 Å². The Labute approximate surface area is 105 Å².